The molecule has 0 bridgehead atoms. The Morgan fingerprint density at radius 3 is 2.50 bits per heavy atom. The summed E-state index contributed by atoms with van der Waals surface area (Å²) in [7, 11) is -3.72. The molecule has 0 aliphatic carbocycles. The minimum Gasteiger partial charge on any atom is -0.477 e. The second kappa shape index (κ2) is 6.64. The fraction of sp³-hybridized carbons (Fsp3) is 0.583. The molecule has 0 saturated heterocycles. The summed E-state index contributed by atoms with van der Waals surface area (Å²) in [4.78, 5) is 13.7. The average molecular weight is 320 g/mol. The van der Waals surface area contributed by atoms with Crippen LogP contribution in [-0.2, 0) is 10.0 Å². The molecular weight excluding hydrogens is 300 g/mol. The molecule has 1 aromatic rings. The largest absolute Gasteiger partial charge is 0.477 e. The topological polar surface area (TPSA) is 99.3 Å². The van der Waals surface area contributed by atoms with Gasteiger partial charge in [0.15, 0.2) is 0 Å². The van der Waals surface area contributed by atoms with Crippen LogP contribution < -0.4 is 4.72 Å². The van der Waals surface area contributed by atoms with Crippen molar-refractivity contribution < 1.29 is 18.3 Å². The number of aromatic carboxylic acids is 1. The Morgan fingerprint density at radius 2 is 2.05 bits per heavy atom. The van der Waals surface area contributed by atoms with Crippen LogP contribution in [-0.4, -0.2) is 42.5 Å². The van der Waals surface area contributed by atoms with E-state index < -0.39 is 16.0 Å². The van der Waals surface area contributed by atoms with Gasteiger partial charge in [0.1, 0.15) is 10.6 Å². The molecular formula is C12H20N2O4S2. The highest BCUT2D eigenvalue weighted by Crippen LogP contribution is 2.23. The number of hydrogen-bond donors (Lipinski definition) is 3. The molecule has 6 nitrogen and oxygen atoms in total. The van der Waals surface area contributed by atoms with Gasteiger partial charge in [0.2, 0.25) is 10.0 Å². The van der Waals surface area contributed by atoms with Crippen LogP contribution in [0, 0.1) is 13.8 Å². The molecule has 0 fully saturated rings. The second-order valence-electron chi connectivity index (χ2n) is 4.69. The Balaban J connectivity index is 3.07. The van der Waals surface area contributed by atoms with Crippen molar-refractivity contribution >= 4 is 27.8 Å². The van der Waals surface area contributed by atoms with E-state index in [1.807, 2.05) is 6.26 Å². The van der Waals surface area contributed by atoms with Gasteiger partial charge in [0, 0.05) is 17.3 Å². The van der Waals surface area contributed by atoms with E-state index in [0.29, 0.717) is 12.1 Å². The van der Waals surface area contributed by atoms with E-state index in [1.54, 1.807) is 25.6 Å². The van der Waals surface area contributed by atoms with Crippen LogP contribution in [0.1, 0.15) is 35.1 Å². The first-order valence-electron chi connectivity index (χ1n) is 6.14. The van der Waals surface area contributed by atoms with E-state index in [-0.39, 0.29) is 22.2 Å². The monoisotopic (exact) mass is 320 g/mol. The van der Waals surface area contributed by atoms with Crippen LogP contribution in [0.15, 0.2) is 4.90 Å². The molecule has 0 aliphatic heterocycles. The lowest BCUT2D eigenvalue weighted by molar-refractivity contribution is 0.0690. The quantitative estimate of drug-likeness (QED) is 0.711. The number of aromatic nitrogens is 1. The number of nitrogens with one attached hydrogen (secondary N) is 2. The van der Waals surface area contributed by atoms with E-state index >= 15 is 0 Å². The van der Waals surface area contributed by atoms with Crippen molar-refractivity contribution in [3.8, 4) is 0 Å². The number of carboxylic acids is 1. The molecule has 0 aromatic carbocycles. The maximum absolute atomic E-state index is 12.4. The number of thioether (sulfide) groups is 1. The Hall–Kier alpha value is -0.990. The van der Waals surface area contributed by atoms with Gasteiger partial charge in [-0.2, -0.15) is 11.8 Å². The second-order valence-corrected chi connectivity index (χ2v) is 7.32. The van der Waals surface area contributed by atoms with Crippen molar-refractivity contribution in [3.05, 3.63) is 17.0 Å². The zero-order valence-electron chi connectivity index (χ0n) is 12.0. The van der Waals surface area contributed by atoms with Crippen LogP contribution in [0.25, 0.3) is 0 Å². The third-order valence-corrected chi connectivity index (χ3v) is 5.47. The van der Waals surface area contributed by atoms with Crippen molar-refractivity contribution in [1.29, 1.82) is 0 Å². The summed E-state index contributed by atoms with van der Waals surface area (Å²) < 4.78 is 27.3. The van der Waals surface area contributed by atoms with Gasteiger partial charge in [0.25, 0.3) is 0 Å². The van der Waals surface area contributed by atoms with Gasteiger partial charge < -0.3 is 10.1 Å². The fourth-order valence-electron chi connectivity index (χ4n) is 2.03. The molecule has 0 saturated carbocycles. The number of aryl methyl sites for hydroxylation is 1. The summed E-state index contributed by atoms with van der Waals surface area (Å²) in [5.41, 5.74) is 0.490. The maximum atomic E-state index is 12.4. The number of carboxylic acid groups (broad SMARTS) is 1. The third-order valence-electron chi connectivity index (χ3n) is 2.96. The molecule has 8 heteroatoms. The number of sulfonamides is 1. The van der Waals surface area contributed by atoms with E-state index in [0.717, 1.165) is 5.75 Å². The van der Waals surface area contributed by atoms with Gasteiger partial charge in [0.05, 0.1) is 0 Å². The molecule has 1 unspecified atom stereocenters. The Morgan fingerprint density at radius 1 is 1.45 bits per heavy atom. The molecule has 0 amide bonds. The van der Waals surface area contributed by atoms with Crippen molar-refractivity contribution in [1.82, 2.24) is 9.71 Å². The highest BCUT2D eigenvalue weighted by molar-refractivity contribution is 7.98. The molecule has 0 aliphatic rings. The standard InChI is InChI=1S/C12H20N2O4S2/c1-7(5-6-19-4)14-20(17,18)11-8(2)10(12(15)16)13-9(11)3/h7,13-14H,5-6H2,1-4H3,(H,15,16). The van der Waals surface area contributed by atoms with Gasteiger partial charge in [-0.3, -0.25) is 0 Å². The van der Waals surface area contributed by atoms with Gasteiger partial charge >= 0.3 is 5.97 Å². The van der Waals surface area contributed by atoms with E-state index in [4.69, 9.17) is 5.11 Å². The minimum absolute atomic E-state index is 0.0332. The van der Waals surface area contributed by atoms with Gasteiger partial charge in [-0.1, -0.05) is 0 Å². The van der Waals surface area contributed by atoms with Gasteiger partial charge in [-0.25, -0.2) is 17.9 Å². The molecule has 20 heavy (non-hydrogen) atoms. The highest BCUT2D eigenvalue weighted by Gasteiger charge is 2.27. The van der Waals surface area contributed by atoms with Crippen molar-refractivity contribution in [3.63, 3.8) is 0 Å². The zero-order chi connectivity index (χ0) is 15.5. The normalized spacial score (nSPS) is 13.4. The number of rotatable bonds is 7. The number of carbonyl (C=O) groups is 1. The number of hydrogen-bond acceptors (Lipinski definition) is 4. The summed E-state index contributed by atoms with van der Waals surface area (Å²) in [5.74, 6) is -0.308. The summed E-state index contributed by atoms with van der Waals surface area (Å²) >= 11 is 1.65. The van der Waals surface area contributed by atoms with Crippen LogP contribution in [0.2, 0.25) is 0 Å². The van der Waals surface area contributed by atoms with Crippen LogP contribution in [0.4, 0.5) is 0 Å². The highest BCUT2D eigenvalue weighted by atomic mass is 32.2. The number of aromatic amines is 1. The lowest BCUT2D eigenvalue weighted by Gasteiger charge is -2.14. The molecule has 1 rings (SSSR count). The maximum Gasteiger partial charge on any atom is 0.352 e. The first kappa shape index (κ1) is 17.1. The summed E-state index contributed by atoms with van der Waals surface area (Å²) in [6.07, 6.45) is 2.68. The van der Waals surface area contributed by atoms with Crippen molar-refractivity contribution in [2.75, 3.05) is 12.0 Å². The predicted octanol–water partition coefficient (Wildman–Crippen LogP) is 1.75. The summed E-state index contributed by atoms with van der Waals surface area (Å²) in [6.45, 7) is 4.85. The molecule has 1 aromatic heterocycles. The lowest BCUT2D eigenvalue weighted by atomic mass is 10.2. The van der Waals surface area contributed by atoms with E-state index in [1.165, 1.54) is 6.92 Å². The average Bonchev–Trinajstić information content (AvgIpc) is 2.62. The molecule has 0 radical (unpaired) electrons. The molecule has 1 atom stereocenters. The first-order chi connectivity index (χ1) is 9.20. The van der Waals surface area contributed by atoms with E-state index in [2.05, 4.69) is 9.71 Å². The SMILES string of the molecule is CSCCC(C)NS(=O)(=O)c1c(C)[nH]c(C(=O)O)c1C. The molecule has 114 valence electrons. The summed E-state index contributed by atoms with van der Waals surface area (Å²) in [6, 6.07) is -0.200. The first-order valence-corrected chi connectivity index (χ1v) is 9.02. The fourth-order valence-corrected chi connectivity index (χ4v) is 4.34. The van der Waals surface area contributed by atoms with Crippen LogP contribution in [0.3, 0.4) is 0 Å². The van der Waals surface area contributed by atoms with Crippen molar-refractivity contribution in [2.45, 2.75) is 38.1 Å². The minimum atomic E-state index is -3.72. The van der Waals surface area contributed by atoms with Gasteiger partial charge in [-0.05, 0) is 39.2 Å². The Kier molecular flexibility index (Phi) is 5.67. The molecule has 0 spiro atoms. The smallest absolute Gasteiger partial charge is 0.352 e. The van der Waals surface area contributed by atoms with Crippen LogP contribution in [0.5, 0.6) is 0 Å². The lowest BCUT2D eigenvalue weighted by Crippen LogP contribution is -2.33. The summed E-state index contributed by atoms with van der Waals surface area (Å²) in [5, 5.41) is 9.02. The van der Waals surface area contributed by atoms with Gasteiger partial charge in [-0.15, -0.1) is 0 Å². The Labute approximate surface area is 123 Å². The third kappa shape index (κ3) is 3.77. The van der Waals surface area contributed by atoms with E-state index in [9.17, 15) is 13.2 Å². The number of H-pyrrole nitrogens is 1. The Bertz CT molecular complexity index is 593. The molecule has 3 N–H and O–H groups in total. The van der Waals surface area contributed by atoms with Crippen molar-refractivity contribution in [2.24, 2.45) is 0 Å². The zero-order valence-corrected chi connectivity index (χ0v) is 13.6. The van der Waals surface area contributed by atoms with Crippen LogP contribution >= 0.6 is 11.8 Å². The molecule has 1 heterocycles. The predicted molar refractivity (Wildman–Crippen MR) is 80.0 cm³/mol.